The van der Waals surface area contributed by atoms with Gasteiger partial charge in [0.2, 0.25) is 0 Å². The minimum atomic E-state index is -4.65. The topological polar surface area (TPSA) is 35.8 Å². The van der Waals surface area contributed by atoms with Gasteiger partial charge >= 0.3 is 12.4 Å². The SMILES string of the molecule is CN/C(C#N)=C(\C)c1ccc(C(F)(F)F)c(/C=C/c2cccc(C(F)(F)F)c2)c1. The van der Waals surface area contributed by atoms with E-state index in [1.54, 1.807) is 6.92 Å². The van der Waals surface area contributed by atoms with Crippen LogP contribution in [-0.4, -0.2) is 7.05 Å². The molecule has 0 unspecified atom stereocenters. The average Bonchev–Trinajstić information content (AvgIpc) is 2.65. The Bertz CT molecular complexity index is 991. The van der Waals surface area contributed by atoms with Crippen LogP contribution < -0.4 is 5.32 Å². The molecule has 0 spiro atoms. The van der Waals surface area contributed by atoms with Crippen molar-refractivity contribution in [2.45, 2.75) is 19.3 Å². The minimum absolute atomic E-state index is 0.110. The highest BCUT2D eigenvalue weighted by Crippen LogP contribution is 2.35. The van der Waals surface area contributed by atoms with E-state index >= 15 is 0 Å². The lowest BCUT2D eigenvalue weighted by molar-refractivity contribution is -0.138. The molecule has 0 saturated carbocycles. The van der Waals surface area contributed by atoms with Crippen molar-refractivity contribution in [1.82, 2.24) is 5.32 Å². The smallest absolute Gasteiger partial charge is 0.379 e. The van der Waals surface area contributed by atoms with Gasteiger partial charge in [-0.1, -0.05) is 30.4 Å². The van der Waals surface area contributed by atoms with Crippen molar-refractivity contribution in [2.75, 3.05) is 7.05 Å². The maximum absolute atomic E-state index is 13.4. The summed E-state index contributed by atoms with van der Waals surface area (Å²) in [6.45, 7) is 1.58. The summed E-state index contributed by atoms with van der Waals surface area (Å²) in [7, 11) is 1.51. The molecule has 0 amide bonds. The van der Waals surface area contributed by atoms with E-state index in [1.807, 2.05) is 6.07 Å². The van der Waals surface area contributed by atoms with E-state index in [-0.39, 0.29) is 16.8 Å². The number of allylic oxidation sites excluding steroid dienone is 2. The van der Waals surface area contributed by atoms with Gasteiger partial charge in [0.15, 0.2) is 0 Å². The number of nitrogens with zero attached hydrogens (tertiary/aromatic N) is 1. The van der Waals surface area contributed by atoms with E-state index in [2.05, 4.69) is 5.32 Å². The predicted molar refractivity (Wildman–Crippen MR) is 99.1 cm³/mol. The van der Waals surface area contributed by atoms with Gasteiger partial charge in [-0.3, -0.25) is 0 Å². The van der Waals surface area contributed by atoms with Crippen LogP contribution in [0.25, 0.3) is 17.7 Å². The van der Waals surface area contributed by atoms with Gasteiger partial charge in [0.1, 0.15) is 11.8 Å². The summed E-state index contributed by atoms with van der Waals surface area (Å²) in [5, 5.41) is 11.8. The van der Waals surface area contributed by atoms with Gasteiger partial charge in [-0.05, 0) is 53.5 Å². The second-order valence-electron chi connectivity index (χ2n) is 6.12. The molecule has 0 aliphatic carbocycles. The van der Waals surface area contributed by atoms with E-state index in [1.165, 1.54) is 37.4 Å². The molecule has 0 aliphatic rings. The molecule has 2 aromatic rings. The normalized spacial score (nSPS) is 13.2. The molecule has 0 saturated heterocycles. The largest absolute Gasteiger partial charge is 0.416 e. The first-order valence-electron chi connectivity index (χ1n) is 8.33. The highest BCUT2D eigenvalue weighted by atomic mass is 19.4. The van der Waals surface area contributed by atoms with E-state index in [0.717, 1.165) is 24.3 Å². The van der Waals surface area contributed by atoms with Crippen LogP contribution in [0.3, 0.4) is 0 Å². The Morgan fingerprint density at radius 1 is 0.966 bits per heavy atom. The zero-order valence-corrected chi connectivity index (χ0v) is 15.4. The van der Waals surface area contributed by atoms with Crippen molar-refractivity contribution in [3.8, 4) is 6.07 Å². The second kappa shape index (κ2) is 8.43. The Kier molecular flexibility index (Phi) is 6.42. The Morgan fingerprint density at radius 2 is 1.66 bits per heavy atom. The minimum Gasteiger partial charge on any atom is -0.379 e. The number of nitrogens with one attached hydrogen (secondary N) is 1. The van der Waals surface area contributed by atoms with Crippen LogP contribution in [0.2, 0.25) is 0 Å². The monoisotopic (exact) mass is 410 g/mol. The third kappa shape index (κ3) is 5.41. The first kappa shape index (κ1) is 22.1. The Hall–Kier alpha value is -3.21. The van der Waals surface area contributed by atoms with Crippen molar-refractivity contribution >= 4 is 17.7 Å². The number of hydrogen-bond acceptors (Lipinski definition) is 2. The van der Waals surface area contributed by atoms with Gasteiger partial charge in [-0.25, -0.2) is 0 Å². The fraction of sp³-hybridized carbons (Fsp3) is 0.190. The molecule has 0 radical (unpaired) electrons. The lowest BCUT2D eigenvalue weighted by Gasteiger charge is -2.13. The molecule has 0 heterocycles. The Balaban J connectivity index is 2.55. The number of rotatable bonds is 4. The van der Waals surface area contributed by atoms with Gasteiger partial charge in [-0.2, -0.15) is 31.6 Å². The van der Waals surface area contributed by atoms with Gasteiger partial charge in [0.25, 0.3) is 0 Å². The molecule has 29 heavy (non-hydrogen) atoms. The Morgan fingerprint density at radius 3 is 2.21 bits per heavy atom. The lowest BCUT2D eigenvalue weighted by Crippen LogP contribution is -2.09. The third-order valence-corrected chi connectivity index (χ3v) is 4.20. The fourth-order valence-electron chi connectivity index (χ4n) is 2.67. The zero-order valence-electron chi connectivity index (χ0n) is 15.4. The number of alkyl halides is 6. The molecular weight excluding hydrogens is 394 g/mol. The van der Waals surface area contributed by atoms with E-state index in [9.17, 15) is 26.3 Å². The van der Waals surface area contributed by atoms with Crippen LogP contribution >= 0.6 is 0 Å². The summed E-state index contributed by atoms with van der Waals surface area (Å²) < 4.78 is 78.6. The molecule has 152 valence electrons. The van der Waals surface area contributed by atoms with Gasteiger partial charge in [0.05, 0.1) is 11.1 Å². The molecule has 2 aromatic carbocycles. The van der Waals surface area contributed by atoms with Crippen LogP contribution in [-0.2, 0) is 12.4 Å². The van der Waals surface area contributed by atoms with Crippen LogP contribution in [0.1, 0.15) is 34.7 Å². The number of halogens is 6. The van der Waals surface area contributed by atoms with Crippen LogP contribution in [0, 0.1) is 11.3 Å². The average molecular weight is 410 g/mol. The van der Waals surface area contributed by atoms with Crippen molar-refractivity contribution in [3.05, 3.63) is 76.0 Å². The highest BCUT2D eigenvalue weighted by molar-refractivity contribution is 5.76. The first-order valence-corrected chi connectivity index (χ1v) is 8.33. The molecule has 8 heteroatoms. The molecule has 1 N–H and O–H groups in total. The van der Waals surface area contributed by atoms with Crippen LogP contribution in [0.5, 0.6) is 0 Å². The number of benzene rings is 2. The maximum atomic E-state index is 13.4. The van der Waals surface area contributed by atoms with E-state index in [0.29, 0.717) is 11.1 Å². The first-order chi connectivity index (χ1) is 13.5. The third-order valence-electron chi connectivity index (χ3n) is 4.20. The standard InChI is InChI=1S/C21H16F6N2/c1-13(19(12-28)29-2)15-8-9-18(21(25,26)27)16(11-15)7-6-14-4-3-5-17(10-14)20(22,23)24/h3-11,29H,1-2H3/b7-6+,19-13+. The van der Waals surface area contributed by atoms with Crippen molar-refractivity contribution in [2.24, 2.45) is 0 Å². The molecule has 2 rings (SSSR count). The van der Waals surface area contributed by atoms with Crippen molar-refractivity contribution in [1.29, 1.82) is 5.26 Å². The molecule has 0 aliphatic heterocycles. The molecule has 0 atom stereocenters. The van der Waals surface area contributed by atoms with E-state index < -0.39 is 23.5 Å². The molecule has 0 fully saturated rings. The number of hydrogen-bond donors (Lipinski definition) is 1. The van der Waals surface area contributed by atoms with Gasteiger partial charge in [0, 0.05) is 7.05 Å². The summed E-state index contributed by atoms with van der Waals surface area (Å²) in [5.41, 5.74) is -0.919. The maximum Gasteiger partial charge on any atom is 0.416 e. The quantitative estimate of drug-likeness (QED) is 0.361. The lowest BCUT2D eigenvalue weighted by atomic mass is 9.97. The molecule has 2 nitrogen and oxygen atoms in total. The van der Waals surface area contributed by atoms with Crippen LogP contribution in [0.15, 0.2) is 48.2 Å². The summed E-state index contributed by atoms with van der Waals surface area (Å²) >= 11 is 0. The van der Waals surface area contributed by atoms with Crippen molar-refractivity contribution in [3.63, 3.8) is 0 Å². The second-order valence-corrected chi connectivity index (χ2v) is 6.12. The molecular formula is C21H16F6N2. The molecule has 0 aromatic heterocycles. The summed E-state index contributed by atoms with van der Waals surface area (Å²) in [5.74, 6) is 0. The van der Waals surface area contributed by atoms with Crippen LogP contribution in [0.4, 0.5) is 26.3 Å². The zero-order chi connectivity index (χ0) is 21.8. The summed E-state index contributed by atoms with van der Waals surface area (Å²) in [4.78, 5) is 0. The fourth-order valence-corrected chi connectivity index (χ4v) is 2.67. The molecule has 0 bridgehead atoms. The van der Waals surface area contributed by atoms with Gasteiger partial charge in [-0.15, -0.1) is 0 Å². The van der Waals surface area contributed by atoms with Gasteiger partial charge < -0.3 is 5.32 Å². The summed E-state index contributed by atoms with van der Waals surface area (Å²) in [6, 6.07) is 9.57. The van der Waals surface area contributed by atoms with Crippen molar-refractivity contribution < 1.29 is 26.3 Å². The number of nitriles is 1. The van der Waals surface area contributed by atoms with E-state index in [4.69, 9.17) is 5.26 Å². The summed E-state index contributed by atoms with van der Waals surface area (Å²) in [6.07, 6.45) is -6.90. The highest BCUT2D eigenvalue weighted by Gasteiger charge is 2.33. The predicted octanol–water partition coefficient (Wildman–Crippen LogP) is 6.37. The Labute approximate surface area is 163 Å².